The average molecular weight is 283 g/mol. The molecule has 1 heterocycles. The molecule has 4 nitrogen and oxygen atoms in total. The molecule has 2 aromatic rings. The largest absolute Gasteiger partial charge is 0.480 e. The first kappa shape index (κ1) is 11.2. The lowest BCUT2D eigenvalue weighted by molar-refractivity contribution is -0.138. The van der Waals surface area contributed by atoms with E-state index in [1.54, 1.807) is 6.20 Å². The first-order valence-corrected chi connectivity index (χ1v) is 5.53. The summed E-state index contributed by atoms with van der Waals surface area (Å²) < 4.78 is 2.73. The van der Waals surface area contributed by atoms with E-state index < -0.39 is 12.0 Å². The topological polar surface area (TPSA) is 68.2 Å². The molecule has 0 spiro atoms. The highest BCUT2D eigenvalue weighted by Gasteiger charge is 2.20. The molecular weight excluding hydrogens is 272 g/mol. The van der Waals surface area contributed by atoms with Gasteiger partial charge < -0.3 is 15.4 Å². The first-order chi connectivity index (χ1) is 7.52. The second-order valence-corrected chi connectivity index (χ2v) is 4.50. The van der Waals surface area contributed by atoms with Crippen LogP contribution in [0.5, 0.6) is 0 Å². The van der Waals surface area contributed by atoms with Gasteiger partial charge in [-0.05, 0) is 12.1 Å². The maximum Gasteiger partial charge on any atom is 0.325 e. The number of aromatic nitrogens is 1. The van der Waals surface area contributed by atoms with Gasteiger partial charge in [0, 0.05) is 34.2 Å². The van der Waals surface area contributed by atoms with Crippen molar-refractivity contribution in [2.75, 3.05) is 0 Å². The molecule has 84 valence electrons. The number of carboxylic acids is 1. The Balaban J connectivity index is 2.76. The summed E-state index contributed by atoms with van der Waals surface area (Å²) in [6.45, 7) is 0. The van der Waals surface area contributed by atoms with E-state index in [-0.39, 0.29) is 0 Å². The summed E-state index contributed by atoms with van der Waals surface area (Å²) in [6, 6.07) is 4.71. The molecule has 0 saturated heterocycles. The molecule has 1 atom stereocenters. The van der Waals surface area contributed by atoms with Gasteiger partial charge in [0.1, 0.15) is 6.04 Å². The van der Waals surface area contributed by atoms with Crippen LogP contribution in [-0.2, 0) is 11.8 Å². The summed E-state index contributed by atoms with van der Waals surface area (Å²) in [7, 11) is 1.87. The molecular formula is C11H11BrN2O2. The minimum absolute atomic E-state index is 0.623. The molecule has 0 radical (unpaired) electrons. The number of carboxylic acid groups (broad SMARTS) is 1. The summed E-state index contributed by atoms with van der Waals surface area (Å²) in [5.41, 5.74) is 7.23. The average Bonchev–Trinajstić information content (AvgIpc) is 2.57. The van der Waals surface area contributed by atoms with Crippen molar-refractivity contribution in [3.8, 4) is 0 Å². The van der Waals surface area contributed by atoms with E-state index in [9.17, 15) is 4.79 Å². The third-order valence-electron chi connectivity index (χ3n) is 2.59. The fourth-order valence-electron chi connectivity index (χ4n) is 1.80. The normalized spacial score (nSPS) is 12.9. The lowest BCUT2D eigenvalue weighted by Crippen LogP contribution is -2.20. The van der Waals surface area contributed by atoms with Crippen LogP contribution in [0.25, 0.3) is 10.9 Å². The Kier molecular flexibility index (Phi) is 2.73. The van der Waals surface area contributed by atoms with Crippen molar-refractivity contribution in [3.05, 3.63) is 34.4 Å². The quantitative estimate of drug-likeness (QED) is 0.886. The maximum atomic E-state index is 10.9. The van der Waals surface area contributed by atoms with Gasteiger partial charge in [0.05, 0.1) is 0 Å². The highest BCUT2D eigenvalue weighted by Crippen LogP contribution is 2.31. The molecule has 2 rings (SSSR count). The van der Waals surface area contributed by atoms with Gasteiger partial charge in [-0.3, -0.25) is 4.79 Å². The van der Waals surface area contributed by atoms with Crippen LogP contribution in [0.15, 0.2) is 28.9 Å². The summed E-state index contributed by atoms with van der Waals surface area (Å²) in [6.07, 6.45) is 1.76. The number of nitrogens with zero attached hydrogens (tertiary/aromatic N) is 1. The van der Waals surface area contributed by atoms with Crippen molar-refractivity contribution < 1.29 is 9.90 Å². The maximum absolute atomic E-state index is 10.9. The molecule has 0 fully saturated rings. The lowest BCUT2D eigenvalue weighted by Gasteiger charge is -2.05. The number of hydrogen-bond acceptors (Lipinski definition) is 2. The fraction of sp³-hybridized carbons (Fsp3) is 0.182. The predicted octanol–water partition coefficient (Wildman–Crippen LogP) is 2.03. The monoisotopic (exact) mass is 282 g/mol. The molecule has 0 aliphatic heterocycles. The summed E-state index contributed by atoms with van der Waals surface area (Å²) in [5.74, 6) is -1.02. The zero-order valence-corrected chi connectivity index (χ0v) is 10.2. The zero-order valence-electron chi connectivity index (χ0n) is 8.64. The molecule has 5 heteroatoms. The van der Waals surface area contributed by atoms with E-state index in [0.29, 0.717) is 5.56 Å². The Hall–Kier alpha value is -1.33. The van der Waals surface area contributed by atoms with E-state index in [1.165, 1.54) is 0 Å². The van der Waals surface area contributed by atoms with Crippen LogP contribution in [0.4, 0.5) is 0 Å². The number of aryl methyl sites for hydroxylation is 1. The number of halogens is 1. The van der Waals surface area contributed by atoms with Crippen LogP contribution in [0.2, 0.25) is 0 Å². The Bertz CT molecular complexity index is 562. The van der Waals surface area contributed by atoms with E-state index >= 15 is 0 Å². The van der Waals surface area contributed by atoms with Crippen molar-refractivity contribution >= 4 is 32.8 Å². The summed E-state index contributed by atoms with van der Waals surface area (Å²) >= 11 is 3.42. The Morgan fingerprint density at radius 1 is 1.56 bits per heavy atom. The van der Waals surface area contributed by atoms with E-state index in [1.807, 2.05) is 29.8 Å². The van der Waals surface area contributed by atoms with Crippen LogP contribution >= 0.6 is 15.9 Å². The SMILES string of the molecule is Cn1cc(C(N)C(=O)O)c2c(Br)cccc21. The highest BCUT2D eigenvalue weighted by molar-refractivity contribution is 9.10. The molecule has 3 N–H and O–H groups in total. The van der Waals surface area contributed by atoms with Crippen LogP contribution in [-0.4, -0.2) is 15.6 Å². The molecule has 1 aromatic heterocycles. The second kappa shape index (κ2) is 3.92. The van der Waals surface area contributed by atoms with Crippen molar-refractivity contribution in [1.29, 1.82) is 0 Å². The molecule has 0 saturated carbocycles. The molecule has 1 aromatic carbocycles. The molecule has 0 aliphatic rings. The smallest absolute Gasteiger partial charge is 0.325 e. The first-order valence-electron chi connectivity index (χ1n) is 4.74. The zero-order chi connectivity index (χ0) is 11.9. The third-order valence-corrected chi connectivity index (χ3v) is 3.25. The van der Waals surface area contributed by atoms with Crippen molar-refractivity contribution in [1.82, 2.24) is 4.57 Å². The van der Waals surface area contributed by atoms with Gasteiger partial charge >= 0.3 is 5.97 Å². The van der Waals surface area contributed by atoms with Crippen molar-refractivity contribution in [3.63, 3.8) is 0 Å². The number of benzene rings is 1. The van der Waals surface area contributed by atoms with Gasteiger partial charge in [-0.1, -0.05) is 22.0 Å². The molecule has 1 unspecified atom stereocenters. The van der Waals surface area contributed by atoms with Gasteiger partial charge in [-0.2, -0.15) is 0 Å². The molecule has 0 amide bonds. The van der Waals surface area contributed by atoms with Crippen LogP contribution in [0.3, 0.4) is 0 Å². The highest BCUT2D eigenvalue weighted by atomic mass is 79.9. The number of carbonyl (C=O) groups is 1. The number of hydrogen-bond donors (Lipinski definition) is 2. The summed E-state index contributed by atoms with van der Waals surface area (Å²) in [5, 5.41) is 9.81. The van der Waals surface area contributed by atoms with Crippen LogP contribution in [0.1, 0.15) is 11.6 Å². The lowest BCUT2D eigenvalue weighted by atomic mass is 10.1. The van der Waals surface area contributed by atoms with Gasteiger partial charge in [-0.25, -0.2) is 0 Å². The standard InChI is InChI=1S/C11H11BrN2O2/c1-14-5-6(10(13)11(15)16)9-7(12)3-2-4-8(9)14/h2-5,10H,13H2,1H3,(H,15,16). The number of aliphatic carboxylic acids is 1. The van der Waals surface area contributed by atoms with Gasteiger partial charge in [-0.15, -0.1) is 0 Å². The van der Waals surface area contributed by atoms with E-state index in [4.69, 9.17) is 10.8 Å². The van der Waals surface area contributed by atoms with Crippen molar-refractivity contribution in [2.24, 2.45) is 12.8 Å². The molecule has 0 bridgehead atoms. The predicted molar refractivity (Wildman–Crippen MR) is 65.2 cm³/mol. The van der Waals surface area contributed by atoms with Crippen molar-refractivity contribution in [2.45, 2.75) is 6.04 Å². The fourth-order valence-corrected chi connectivity index (χ4v) is 2.39. The summed E-state index contributed by atoms with van der Waals surface area (Å²) in [4.78, 5) is 10.9. The number of fused-ring (bicyclic) bond motifs is 1. The minimum Gasteiger partial charge on any atom is -0.480 e. The Morgan fingerprint density at radius 3 is 2.88 bits per heavy atom. The molecule has 0 aliphatic carbocycles. The van der Waals surface area contributed by atoms with Crippen LogP contribution in [0, 0.1) is 0 Å². The van der Waals surface area contributed by atoms with Gasteiger partial charge in [0.15, 0.2) is 0 Å². The van der Waals surface area contributed by atoms with Gasteiger partial charge in [0.2, 0.25) is 0 Å². The minimum atomic E-state index is -1.02. The second-order valence-electron chi connectivity index (χ2n) is 3.65. The third kappa shape index (κ3) is 1.62. The Labute approximate surface area is 101 Å². The van der Waals surface area contributed by atoms with E-state index in [2.05, 4.69) is 15.9 Å². The molecule has 16 heavy (non-hydrogen) atoms. The number of nitrogens with two attached hydrogens (primary N) is 1. The van der Waals surface area contributed by atoms with Gasteiger partial charge in [0.25, 0.3) is 0 Å². The van der Waals surface area contributed by atoms with E-state index in [0.717, 1.165) is 15.4 Å². The Morgan fingerprint density at radius 2 is 2.25 bits per heavy atom. The van der Waals surface area contributed by atoms with Crippen LogP contribution < -0.4 is 5.73 Å². The number of rotatable bonds is 2.